The van der Waals surface area contributed by atoms with Crippen molar-refractivity contribution in [3.8, 4) is 0 Å². The van der Waals surface area contributed by atoms with Crippen molar-refractivity contribution < 1.29 is 33.5 Å². The highest BCUT2D eigenvalue weighted by Gasteiger charge is 2.33. The normalized spacial score (nSPS) is 24.9. The van der Waals surface area contributed by atoms with Crippen molar-refractivity contribution in [2.75, 3.05) is 0 Å². The Morgan fingerprint density at radius 2 is 1.86 bits per heavy atom. The van der Waals surface area contributed by atoms with E-state index in [1.165, 1.54) is 6.08 Å². The lowest BCUT2D eigenvalue weighted by molar-refractivity contribution is -0.149. The second-order valence-electron chi connectivity index (χ2n) is 7.45. The van der Waals surface area contributed by atoms with Gasteiger partial charge in [0.1, 0.15) is 6.10 Å². The molecule has 7 nitrogen and oxygen atoms in total. The number of phosphoric acid groups is 1. The van der Waals surface area contributed by atoms with Gasteiger partial charge in [-0.15, -0.1) is 0 Å². The molecule has 164 valence electrons. The van der Waals surface area contributed by atoms with E-state index in [9.17, 15) is 24.3 Å². The molecule has 0 saturated heterocycles. The van der Waals surface area contributed by atoms with Crippen molar-refractivity contribution in [2.24, 2.45) is 17.8 Å². The summed E-state index contributed by atoms with van der Waals surface area (Å²) in [6.45, 7) is 7.45. The van der Waals surface area contributed by atoms with Crippen LogP contribution in [0.25, 0.3) is 0 Å². The Balaban J connectivity index is 2.77. The van der Waals surface area contributed by atoms with E-state index in [1.54, 1.807) is 37.3 Å². The van der Waals surface area contributed by atoms with Crippen molar-refractivity contribution in [1.82, 2.24) is 0 Å². The van der Waals surface area contributed by atoms with Crippen molar-refractivity contribution in [2.45, 2.75) is 58.8 Å². The fourth-order valence-corrected chi connectivity index (χ4v) is 3.90. The zero-order valence-electron chi connectivity index (χ0n) is 17.4. The van der Waals surface area contributed by atoms with Crippen LogP contribution in [-0.4, -0.2) is 39.2 Å². The SMILES string of the molecule is C/C=C/C=C\C=C/[C@H](O)[C@H](C)[C@H](CC[C@H](C)[C@@H]1OC(=O)C=C[C@@H]1C)OP(=O)(O)O. The van der Waals surface area contributed by atoms with Crippen LogP contribution in [0.3, 0.4) is 0 Å². The van der Waals surface area contributed by atoms with Gasteiger partial charge < -0.3 is 19.6 Å². The average molecular weight is 428 g/mol. The van der Waals surface area contributed by atoms with Crippen LogP contribution in [0.2, 0.25) is 0 Å². The van der Waals surface area contributed by atoms with Crippen LogP contribution < -0.4 is 0 Å². The number of rotatable bonds is 11. The highest BCUT2D eigenvalue weighted by molar-refractivity contribution is 7.46. The molecule has 0 aliphatic carbocycles. The van der Waals surface area contributed by atoms with Crippen LogP contribution in [0.5, 0.6) is 0 Å². The van der Waals surface area contributed by atoms with Crippen LogP contribution in [0.4, 0.5) is 0 Å². The third-order valence-electron chi connectivity index (χ3n) is 5.01. The first-order valence-electron chi connectivity index (χ1n) is 9.82. The highest BCUT2D eigenvalue weighted by atomic mass is 31.2. The smallest absolute Gasteiger partial charge is 0.458 e. The van der Waals surface area contributed by atoms with Crippen LogP contribution in [0, 0.1) is 17.8 Å². The quantitative estimate of drug-likeness (QED) is 0.261. The molecule has 0 bridgehead atoms. The van der Waals surface area contributed by atoms with Crippen molar-refractivity contribution in [3.63, 3.8) is 0 Å². The van der Waals surface area contributed by atoms with Gasteiger partial charge in [-0.25, -0.2) is 9.36 Å². The number of cyclic esters (lactones) is 1. The number of aliphatic hydroxyl groups is 1. The Labute approximate surface area is 173 Å². The van der Waals surface area contributed by atoms with E-state index >= 15 is 0 Å². The molecule has 0 radical (unpaired) electrons. The van der Waals surface area contributed by atoms with Crippen molar-refractivity contribution >= 4 is 13.8 Å². The number of carbonyl (C=O) groups is 1. The summed E-state index contributed by atoms with van der Waals surface area (Å²) in [6.07, 6.45) is 12.4. The second kappa shape index (κ2) is 12.3. The number of ether oxygens (including phenoxy) is 1. The summed E-state index contributed by atoms with van der Waals surface area (Å²) in [5.41, 5.74) is 0. The van der Waals surface area contributed by atoms with Crippen molar-refractivity contribution in [3.05, 3.63) is 48.6 Å². The molecule has 8 heteroatoms. The van der Waals surface area contributed by atoms with Gasteiger partial charge in [0.05, 0.1) is 12.2 Å². The minimum Gasteiger partial charge on any atom is -0.458 e. The molecule has 1 aliphatic rings. The Bertz CT molecular complexity index is 677. The van der Waals surface area contributed by atoms with E-state index in [0.717, 1.165) is 0 Å². The fourth-order valence-electron chi connectivity index (χ4n) is 3.25. The summed E-state index contributed by atoms with van der Waals surface area (Å²) < 4.78 is 21.8. The van der Waals surface area contributed by atoms with Crippen LogP contribution >= 0.6 is 7.82 Å². The molecule has 0 aromatic rings. The number of phosphoric ester groups is 1. The highest BCUT2D eigenvalue weighted by Crippen LogP contribution is 2.41. The van der Waals surface area contributed by atoms with E-state index in [4.69, 9.17) is 9.26 Å². The molecule has 3 N–H and O–H groups in total. The van der Waals surface area contributed by atoms with Gasteiger partial charge >= 0.3 is 13.8 Å². The summed E-state index contributed by atoms with van der Waals surface area (Å²) in [6, 6.07) is 0. The summed E-state index contributed by atoms with van der Waals surface area (Å²) in [4.78, 5) is 30.1. The van der Waals surface area contributed by atoms with E-state index < -0.39 is 25.9 Å². The molecular weight excluding hydrogens is 395 g/mol. The van der Waals surface area contributed by atoms with Crippen LogP contribution in [-0.2, 0) is 18.6 Å². The maximum atomic E-state index is 11.5. The van der Waals surface area contributed by atoms with E-state index in [2.05, 4.69) is 0 Å². The topological polar surface area (TPSA) is 113 Å². The molecule has 0 saturated carbocycles. The lowest BCUT2D eigenvalue weighted by Gasteiger charge is -2.32. The molecule has 1 rings (SSSR count). The Morgan fingerprint density at radius 1 is 1.21 bits per heavy atom. The second-order valence-corrected chi connectivity index (χ2v) is 8.65. The van der Waals surface area contributed by atoms with Crippen LogP contribution in [0.1, 0.15) is 40.5 Å². The van der Waals surface area contributed by atoms with Crippen molar-refractivity contribution in [1.29, 1.82) is 0 Å². The van der Waals surface area contributed by atoms with Gasteiger partial charge in [-0.1, -0.05) is 63.3 Å². The molecule has 0 fully saturated rings. The van der Waals surface area contributed by atoms with Gasteiger partial charge in [-0.3, -0.25) is 4.52 Å². The first-order chi connectivity index (χ1) is 13.5. The molecule has 0 aromatic carbocycles. The van der Waals surface area contributed by atoms with Gasteiger partial charge in [0, 0.05) is 17.9 Å². The predicted octanol–water partition coefficient (Wildman–Crippen LogP) is 3.68. The number of hydrogen-bond donors (Lipinski definition) is 3. The first-order valence-corrected chi connectivity index (χ1v) is 11.3. The number of hydrogen-bond acceptors (Lipinski definition) is 5. The Hall–Kier alpha value is -1.50. The van der Waals surface area contributed by atoms with Gasteiger partial charge in [0.2, 0.25) is 0 Å². The summed E-state index contributed by atoms with van der Waals surface area (Å²) >= 11 is 0. The minimum atomic E-state index is -4.73. The van der Waals surface area contributed by atoms with Gasteiger partial charge in [-0.05, 0) is 25.7 Å². The fraction of sp³-hybridized carbons (Fsp3) is 0.571. The summed E-state index contributed by atoms with van der Waals surface area (Å²) in [5, 5.41) is 10.4. The third kappa shape index (κ3) is 9.70. The molecule has 0 unspecified atom stereocenters. The Morgan fingerprint density at radius 3 is 2.48 bits per heavy atom. The molecule has 0 amide bonds. The zero-order valence-corrected chi connectivity index (χ0v) is 18.3. The van der Waals surface area contributed by atoms with E-state index in [-0.39, 0.29) is 23.9 Å². The minimum absolute atomic E-state index is 0.0366. The molecular formula is C21H33O7P. The van der Waals surface area contributed by atoms with Crippen LogP contribution in [0.15, 0.2) is 48.6 Å². The molecule has 6 atom stereocenters. The molecule has 0 aromatic heterocycles. The number of carbonyl (C=O) groups excluding carboxylic acids is 1. The number of esters is 1. The maximum Gasteiger partial charge on any atom is 0.469 e. The predicted molar refractivity (Wildman–Crippen MR) is 112 cm³/mol. The summed E-state index contributed by atoms with van der Waals surface area (Å²) in [5.74, 6) is -0.917. The maximum absolute atomic E-state index is 11.5. The lowest BCUT2D eigenvalue weighted by atomic mass is 9.85. The van der Waals surface area contributed by atoms with Gasteiger partial charge in [0.25, 0.3) is 0 Å². The van der Waals surface area contributed by atoms with E-state index in [1.807, 2.05) is 32.9 Å². The number of aliphatic hydroxyl groups excluding tert-OH is 1. The average Bonchev–Trinajstić information content (AvgIpc) is 2.64. The number of allylic oxidation sites excluding steroid dienone is 5. The molecule has 1 heterocycles. The molecule has 0 spiro atoms. The largest absolute Gasteiger partial charge is 0.469 e. The lowest BCUT2D eigenvalue weighted by Crippen LogP contribution is -2.35. The van der Waals surface area contributed by atoms with E-state index in [0.29, 0.717) is 12.8 Å². The Kier molecular flexibility index (Phi) is 10.8. The first kappa shape index (κ1) is 25.5. The molecule has 29 heavy (non-hydrogen) atoms. The van der Waals surface area contributed by atoms with Gasteiger partial charge in [-0.2, -0.15) is 0 Å². The van der Waals surface area contributed by atoms with Gasteiger partial charge in [0.15, 0.2) is 0 Å². The summed E-state index contributed by atoms with van der Waals surface area (Å²) in [7, 11) is -4.73. The zero-order chi connectivity index (χ0) is 22.0. The molecule has 1 aliphatic heterocycles. The monoisotopic (exact) mass is 428 g/mol. The third-order valence-corrected chi connectivity index (χ3v) is 5.55. The standard InChI is InChI=1S/C21H33O7P/c1-5-6-7-8-9-10-18(22)17(4)19(28-29(24,25)26)13-11-15(2)21-16(3)12-14-20(23)27-21/h5-10,12,14-19,21-22H,11,13H2,1-4H3,(H2,24,25,26)/b6-5+,8-7-,10-9-/t15-,16-,17-,18-,19-,21-/m0/s1.